The summed E-state index contributed by atoms with van der Waals surface area (Å²) in [6.07, 6.45) is 2.74. The Bertz CT molecular complexity index is 817. The summed E-state index contributed by atoms with van der Waals surface area (Å²) in [5.74, 6) is -1.14. The normalized spacial score (nSPS) is 14.4. The van der Waals surface area contributed by atoms with E-state index in [1.54, 1.807) is 6.92 Å². The first-order valence-corrected chi connectivity index (χ1v) is 8.83. The van der Waals surface area contributed by atoms with E-state index >= 15 is 0 Å². The van der Waals surface area contributed by atoms with Crippen LogP contribution in [0, 0.1) is 0 Å². The number of aldehydes is 1. The van der Waals surface area contributed by atoms with Crippen LogP contribution in [0.3, 0.4) is 0 Å². The second-order valence-corrected chi connectivity index (χ2v) is 6.39. The predicted molar refractivity (Wildman–Crippen MR) is 102 cm³/mol. The molecule has 5 N–H and O–H groups in total. The molecule has 3 atom stereocenters. The summed E-state index contributed by atoms with van der Waals surface area (Å²) in [7, 11) is 1.91. The van der Waals surface area contributed by atoms with E-state index in [0.29, 0.717) is 6.29 Å². The van der Waals surface area contributed by atoms with Gasteiger partial charge >= 0.3 is 5.97 Å². The predicted octanol–water partition coefficient (Wildman–Crippen LogP) is 0.0123. The van der Waals surface area contributed by atoms with Gasteiger partial charge in [0.1, 0.15) is 12.3 Å². The molecule has 0 aliphatic heterocycles. The minimum Gasteiger partial charge on any atom is -0.464 e. The summed E-state index contributed by atoms with van der Waals surface area (Å²) >= 11 is 0. The lowest BCUT2D eigenvalue weighted by Crippen LogP contribution is -2.56. The Morgan fingerprint density at radius 2 is 2.00 bits per heavy atom. The molecule has 1 aromatic heterocycles. The van der Waals surface area contributed by atoms with E-state index in [1.807, 2.05) is 42.1 Å². The van der Waals surface area contributed by atoms with E-state index < -0.39 is 30.0 Å². The van der Waals surface area contributed by atoms with E-state index in [0.717, 1.165) is 16.5 Å². The number of hydrogen-bond acceptors (Lipinski definition) is 6. The number of para-hydroxylation sites is 1. The van der Waals surface area contributed by atoms with Crippen molar-refractivity contribution in [3.8, 4) is 0 Å². The Morgan fingerprint density at radius 1 is 1.30 bits per heavy atom. The lowest BCUT2D eigenvalue weighted by molar-refractivity contribution is -0.147. The van der Waals surface area contributed by atoms with Gasteiger partial charge in [-0.25, -0.2) is 4.79 Å². The Kier molecular flexibility index (Phi) is 7.09. The molecule has 3 unspecified atom stereocenters. The molecule has 27 heavy (non-hydrogen) atoms. The minimum atomic E-state index is -1.10. The van der Waals surface area contributed by atoms with Gasteiger partial charge in [0.05, 0.1) is 12.6 Å². The lowest BCUT2D eigenvalue weighted by Gasteiger charge is -2.22. The molecular weight excluding hydrogens is 348 g/mol. The first kappa shape index (κ1) is 20.6. The van der Waals surface area contributed by atoms with Gasteiger partial charge in [-0.2, -0.15) is 0 Å². The van der Waals surface area contributed by atoms with Gasteiger partial charge in [0.15, 0.2) is 0 Å². The number of aromatic nitrogens is 1. The van der Waals surface area contributed by atoms with Crippen molar-refractivity contribution < 1.29 is 19.1 Å². The third-order valence-electron chi connectivity index (χ3n) is 4.42. The number of carbonyl (C=O) groups is 3. The molecule has 146 valence electrons. The van der Waals surface area contributed by atoms with Gasteiger partial charge in [-0.3, -0.25) is 4.79 Å². The molecule has 1 aromatic carbocycles. The van der Waals surface area contributed by atoms with Crippen molar-refractivity contribution in [1.29, 1.82) is 0 Å². The van der Waals surface area contributed by atoms with Crippen LogP contribution < -0.4 is 16.8 Å². The molecule has 0 saturated carbocycles. The Morgan fingerprint density at radius 3 is 2.67 bits per heavy atom. The molecule has 2 rings (SSSR count). The lowest BCUT2D eigenvalue weighted by atomic mass is 10.0. The van der Waals surface area contributed by atoms with Crippen molar-refractivity contribution in [2.24, 2.45) is 18.5 Å². The molecule has 0 bridgehead atoms. The fourth-order valence-corrected chi connectivity index (χ4v) is 2.96. The Balaban J connectivity index is 2.22. The number of ether oxygens (including phenoxy) is 1. The molecule has 0 radical (unpaired) electrons. The second kappa shape index (κ2) is 9.29. The van der Waals surface area contributed by atoms with Crippen molar-refractivity contribution in [2.45, 2.75) is 37.9 Å². The van der Waals surface area contributed by atoms with E-state index in [9.17, 15) is 14.4 Å². The van der Waals surface area contributed by atoms with Crippen LogP contribution in [-0.4, -0.2) is 47.5 Å². The molecule has 8 nitrogen and oxygen atoms in total. The number of nitrogens with one attached hydrogen (secondary N) is 1. The molecule has 1 heterocycles. The topological polar surface area (TPSA) is 129 Å². The van der Waals surface area contributed by atoms with Crippen LogP contribution in [0.4, 0.5) is 0 Å². The van der Waals surface area contributed by atoms with E-state index in [1.165, 1.54) is 0 Å². The van der Waals surface area contributed by atoms with Crippen LogP contribution in [-0.2, 0) is 32.6 Å². The third kappa shape index (κ3) is 4.93. The van der Waals surface area contributed by atoms with Gasteiger partial charge in [0, 0.05) is 43.0 Å². The van der Waals surface area contributed by atoms with Gasteiger partial charge in [0.2, 0.25) is 5.91 Å². The maximum absolute atomic E-state index is 12.4. The summed E-state index contributed by atoms with van der Waals surface area (Å²) in [5, 5.41) is 3.61. The van der Waals surface area contributed by atoms with E-state index in [4.69, 9.17) is 16.2 Å². The molecule has 1 amide bonds. The number of amides is 1. The number of benzene rings is 1. The molecule has 0 aliphatic rings. The van der Waals surface area contributed by atoms with Gasteiger partial charge < -0.3 is 30.9 Å². The average Bonchev–Trinajstić information content (AvgIpc) is 2.97. The molecule has 0 fully saturated rings. The van der Waals surface area contributed by atoms with Crippen LogP contribution in [0.5, 0.6) is 0 Å². The highest BCUT2D eigenvalue weighted by molar-refractivity contribution is 5.89. The second-order valence-electron chi connectivity index (χ2n) is 6.39. The zero-order chi connectivity index (χ0) is 20.0. The molecular formula is C19H26N4O4. The van der Waals surface area contributed by atoms with E-state index in [-0.39, 0.29) is 19.4 Å². The summed E-state index contributed by atoms with van der Waals surface area (Å²) in [6, 6.07) is 4.97. The molecule has 0 aliphatic carbocycles. The largest absolute Gasteiger partial charge is 0.464 e. The van der Waals surface area contributed by atoms with Crippen LogP contribution in [0.1, 0.15) is 18.9 Å². The first-order chi connectivity index (χ1) is 12.9. The highest BCUT2D eigenvalue weighted by Gasteiger charge is 2.28. The van der Waals surface area contributed by atoms with Crippen molar-refractivity contribution >= 4 is 29.1 Å². The number of aryl methyl sites for hydroxylation is 1. The highest BCUT2D eigenvalue weighted by Crippen LogP contribution is 2.21. The van der Waals surface area contributed by atoms with Crippen LogP contribution in [0.15, 0.2) is 30.5 Å². The number of hydrogen-bond donors (Lipinski definition) is 3. The Labute approximate surface area is 157 Å². The fraction of sp³-hybridized carbons (Fsp3) is 0.421. The number of carbonyl (C=O) groups excluding carboxylic acids is 3. The number of nitrogens with zero attached hydrogens (tertiary/aromatic N) is 1. The monoisotopic (exact) mass is 374 g/mol. The molecule has 2 aromatic rings. The minimum absolute atomic E-state index is 0.0397. The summed E-state index contributed by atoms with van der Waals surface area (Å²) in [4.78, 5) is 35.3. The molecule has 0 saturated heterocycles. The smallest absolute Gasteiger partial charge is 0.328 e. The fourth-order valence-electron chi connectivity index (χ4n) is 2.96. The van der Waals surface area contributed by atoms with E-state index in [2.05, 4.69) is 5.32 Å². The quantitative estimate of drug-likeness (QED) is 0.419. The Hall–Kier alpha value is -2.71. The highest BCUT2D eigenvalue weighted by atomic mass is 16.5. The molecule has 8 heteroatoms. The van der Waals surface area contributed by atoms with Crippen molar-refractivity contribution in [3.63, 3.8) is 0 Å². The van der Waals surface area contributed by atoms with Gasteiger partial charge in [0.25, 0.3) is 0 Å². The van der Waals surface area contributed by atoms with Gasteiger partial charge in [-0.15, -0.1) is 0 Å². The number of nitrogens with two attached hydrogens (primary N) is 2. The third-order valence-corrected chi connectivity index (χ3v) is 4.42. The van der Waals surface area contributed by atoms with Crippen molar-refractivity contribution in [3.05, 3.63) is 36.0 Å². The maximum Gasteiger partial charge on any atom is 0.328 e. The van der Waals surface area contributed by atoms with Gasteiger partial charge in [-0.1, -0.05) is 18.2 Å². The summed E-state index contributed by atoms with van der Waals surface area (Å²) in [6.45, 7) is 1.89. The number of rotatable bonds is 9. The van der Waals surface area contributed by atoms with Crippen molar-refractivity contribution in [1.82, 2.24) is 9.88 Å². The van der Waals surface area contributed by atoms with Crippen LogP contribution >= 0.6 is 0 Å². The summed E-state index contributed by atoms with van der Waals surface area (Å²) < 4.78 is 7.05. The SMILES string of the molecule is CCOC(=O)C(Cc1cn(C)c2ccccc12)NC(=O)C(N)C(N)CC=O. The average molecular weight is 374 g/mol. The standard InChI is InChI=1S/C19H26N4O4/c1-3-27-19(26)15(22-18(25)17(21)14(20)8-9-24)10-12-11-23(2)16-7-5-4-6-13(12)16/h4-7,9,11,14-15,17H,3,8,10,20-21H2,1-2H3,(H,22,25). The maximum atomic E-state index is 12.4. The zero-order valence-electron chi connectivity index (χ0n) is 15.6. The first-order valence-electron chi connectivity index (χ1n) is 8.83. The van der Waals surface area contributed by atoms with Gasteiger partial charge in [-0.05, 0) is 18.6 Å². The number of fused-ring (bicyclic) bond motifs is 1. The summed E-state index contributed by atoms with van der Waals surface area (Å²) in [5.41, 5.74) is 13.5. The van der Waals surface area contributed by atoms with Crippen molar-refractivity contribution in [2.75, 3.05) is 6.61 Å². The van der Waals surface area contributed by atoms with Crippen LogP contribution in [0.2, 0.25) is 0 Å². The zero-order valence-corrected chi connectivity index (χ0v) is 15.6. The molecule has 0 spiro atoms. The number of esters is 1. The van der Waals surface area contributed by atoms with Crippen LogP contribution in [0.25, 0.3) is 10.9 Å².